The lowest BCUT2D eigenvalue weighted by atomic mass is 9.66. The van der Waals surface area contributed by atoms with E-state index in [1.807, 2.05) is 20.8 Å². The van der Waals surface area contributed by atoms with Gasteiger partial charge in [0.05, 0.1) is 29.2 Å². The molecular weight excluding hydrogens is 366 g/mol. The van der Waals surface area contributed by atoms with Gasteiger partial charge in [0, 0.05) is 17.8 Å². The Labute approximate surface area is 165 Å². The van der Waals surface area contributed by atoms with Gasteiger partial charge in [0.1, 0.15) is 6.04 Å². The Balaban J connectivity index is 2.10. The average Bonchev–Trinajstić information content (AvgIpc) is 3.15. The van der Waals surface area contributed by atoms with Gasteiger partial charge >= 0.3 is 0 Å². The number of fused-ring (bicyclic) bond motifs is 1. The maximum Gasteiger partial charge on any atom is 0.244 e. The van der Waals surface area contributed by atoms with Crippen LogP contribution in [-0.2, 0) is 14.4 Å². The van der Waals surface area contributed by atoms with Crippen LogP contribution in [0, 0.1) is 17.8 Å². The van der Waals surface area contributed by atoms with Crippen LogP contribution in [-0.4, -0.2) is 69.0 Å². The summed E-state index contributed by atoms with van der Waals surface area (Å²) in [5.41, 5.74) is -0.437. The van der Waals surface area contributed by atoms with E-state index in [4.69, 9.17) is 0 Å². The maximum absolute atomic E-state index is 13.5. The zero-order valence-corrected chi connectivity index (χ0v) is 17.7. The lowest BCUT2D eigenvalue weighted by Crippen LogP contribution is -2.60. The molecule has 3 unspecified atom stereocenters. The van der Waals surface area contributed by atoms with Crippen molar-refractivity contribution in [2.45, 2.75) is 68.7 Å². The summed E-state index contributed by atoms with van der Waals surface area (Å²) in [7, 11) is 1.59. The summed E-state index contributed by atoms with van der Waals surface area (Å²) in [6, 6.07) is -1.17. The van der Waals surface area contributed by atoms with Crippen molar-refractivity contribution in [2.24, 2.45) is 17.8 Å². The van der Waals surface area contributed by atoms with E-state index in [1.165, 1.54) is 0 Å². The summed E-state index contributed by atoms with van der Waals surface area (Å²) in [4.78, 5) is 41.0. The number of carbonyl (C=O) groups is 3. The molecule has 152 valence electrons. The Morgan fingerprint density at radius 2 is 2.00 bits per heavy atom. The molecule has 3 amide bonds. The van der Waals surface area contributed by atoms with Crippen LogP contribution in [0.1, 0.15) is 41.0 Å². The second-order valence-electron chi connectivity index (χ2n) is 9.18. The molecule has 27 heavy (non-hydrogen) atoms. The molecule has 0 saturated carbocycles. The van der Waals surface area contributed by atoms with Crippen molar-refractivity contribution < 1.29 is 19.5 Å². The van der Waals surface area contributed by atoms with Crippen molar-refractivity contribution in [1.82, 2.24) is 15.5 Å². The molecule has 3 saturated heterocycles. The lowest BCUT2D eigenvalue weighted by Gasteiger charge is -2.40. The Morgan fingerprint density at radius 1 is 1.37 bits per heavy atom. The van der Waals surface area contributed by atoms with Gasteiger partial charge in [-0.25, -0.2) is 0 Å². The summed E-state index contributed by atoms with van der Waals surface area (Å²) in [5, 5.41) is 15.5. The molecule has 7 nitrogen and oxygen atoms in total. The molecule has 0 aromatic heterocycles. The third kappa shape index (κ3) is 2.87. The molecule has 3 heterocycles. The number of aliphatic hydroxyl groups excluding tert-OH is 1. The summed E-state index contributed by atoms with van der Waals surface area (Å²) >= 11 is 1.64. The molecular formula is C19H31N3O4S. The van der Waals surface area contributed by atoms with E-state index < -0.39 is 34.2 Å². The van der Waals surface area contributed by atoms with Gasteiger partial charge in [-0.2, -0.15) is 0 Å². The topological polar surface area (TPSA) is 98.7 Å². The van der Waals surface area contributed by atoms with Crippen LogP contribution in [0.25, 0.3) is 0 Å². The number of carbonyl (C=O) groups excluding carboxylic acids is 3. The van der Waals surface area contributed by atoms with Crippen molar-refractivity contribution >= 4 is 29.5 Å². The van der Waals surface area contributed by atoms with E-state index in [0.29, 0.717) is 0 Å². The predicted octanol–water partition coefficient (Wildman–Crippen LogP) is 0.365. The molecule has 0 aromatic carbocycles. The number of hydrogen-bond donors (Lipinski definition) is 3. The Morgan fingerprint density at radius 3 is 2.52 bits per heavy atom. The minimum absolute atomic E-state index is 0.0467. The third-order valence-corrected chi connectivity index (χ3v) is 8.29. The van der Waals surface area contributed by atoms with Crippen molar-refractivity contribution in [2.75, 3.05) is 13.7 Å². The number of nitrogens with zero attached hydrogens (tertiary/aromatic N) is 1. The quantitative estimate of drug-likeness (QED) is 0.636. The molecule has 3 aliphatic rings. The summed E-state index contributed by atoms with van der Waals surface area (Å²) in [6.07, 6.45) is 0.813. The highest BCUT2D eigenvalue weighted by molar-refractivity contribution is 8.02. The molecule has 3 rings (SSSR count). The van der Waals surface area contributed by atoms with Crippen molar-refractivity contribution in [3.05, 3.63) is 0 Å². The second-order valence-corrected chi connectivity index (χ2v) is 10.7. The Kier molecular flexibility index (Phi) is 5.04. The fourth-order valence-corrected chi connectivity index (χ4v) is 7.63. The summed E-state index contributed by atoms with van der Waals surface area (Å²) in [6.45, 7) is 9.34. The predicted molar refractivity (Wildman–Crippen MR) is 104 cm³/mol. The highest BCUT2D eigenvalue weighted by Crippen LogP contribution is 2.68. The maximum atomic E-state index is 13.5. The van der Waals surface area contributed by atoms with E-state index in [2.05, 4.69) is 17.6 Å². The number of aliphatic hydroxyl groups is 1. The highest BCUT2D eigenvalue weighted by atomic mass is 32.2. The first-order valence-electron chi connectivity index (χ1n) is 9.64. The van der Waals surface area contributed by atoms with Gasteiger partial charge < -0.3 is 20.6 Å². The number of amides is 3. The zero-order valence-electron chi connectivity index (χ0n) is 16.9. The van der Waals surface area contributed by atoms with Crippen LogP contribution in [0.2, 0.25) is 0 Å². The monoisotopic (exact) mass is 397 g/mol. The minimum atomic E-state index is -0.684. The molecule has 2 bridgehead atoms. The SMILES string of the molecule is CNC(=O)[C@@H]1[C@@H]2CC(C)C3(S2)C(C(=O)NC(C)(C)C)N([C@H](C)CO)C(=O)[C@H]13. The van der Waals surface area contributed by atoms with Crippen LogP contribution in [0.5, 0.6) is 0 Å². The van der Waals surface area contributed by atoms with Gasteiger partial charge in [-0.3, -0.25) is 14.4 Å². The van der Waals surface area contributed by atoms with Gasteiger partial charge in [0.25, 0.3) is 0 Å². The summed E-state index contributed by atoms with van der Waals surface area (Å²) in [5.74, 6) is -1.33. The Bertz CT molecular complexity index is 664. The number of thioether (sulfide) groups is 1. The molecule has 7 atom stereocenters. The van der Waals surface area contributed by atoms with Gasteiger partial charge in [-0.15, -0.1) is 11.8 Å². The largest absolute Gasteiger partial charge is 0.394 e. The smallest absolute Gasteiger partial charge is 0.244 e. The Hall–Kier alpha value is -1.28. The number of likely N-dealkylation sites (tertiary alicyclic amines) is 1. The van der Waals surface area contributed by atoms with E-state index in [0.717, 1.165) is 6.42 Å². The van der Waals surface area contributed by atoms with Gasteiger partial charge in [-0.1, -0.05) is 6.92 Å². The first kappa shape index (κ1) is 20.5. The molecule has 3 N–H and O–H groups in total. The van der Waals surface area contributed by atoms with Crippen LogP contribution in [0.3, 0.4) is 0 Å². The van der Waals surface area contributed by atoms with Crippen molar-refractivity contribution in [3.8, 4) is 0 Å². The lowest BCUT2D eigenvalue weighted by molar-refractivity contribution is -0.142. The molecule has 0 aliphatic carbocycles. The zero-order chi connectivity index (χ0) is 20.3. The molecule has 0 aromatic rings. The van der Waals surface area contributed by atoms with Gasteiger partial charge in [-0.05, 0) is 40.0 Å². The van der Waals surface area contributed by atoms with Crippen LogP contribution >= 0.6 is 11.8 Å². The first-order chi connectivity index (χ1) is 12.5. The number of rotatable bonds is 4. The fourth-order valence-electron chi connectivity index (χ4n) is 5.23. The molecule has 3 fully saturated rings. The second kappa shape index (κ2) is 6.65. The third-order valence-electron chi connectivity index (χ3n) is 6.22. The van der Waals surface area contributed by atoms with Crippen molar-refractivity contribution in [3.63, 3.8) is 0 Å². The molecule has 0 radical (unpaired) electrons. The van der Waals surface area contributed by atoms with E-state index in [1.54, 1.807) is 30.6 Å². The van der Waals surface area contributed by atoms with E-state index >= 15 is 0 Å². The molecule has 1 spiro atoms. The van der Waals surface area contributed by atoms with Gasteiger partial charge in [0.15, 0.2) is 0 Å². The van der Waals surface area contributed by atoms with Crippen LogP contribution in [0.4, 0.5) is 0 Å². The fraction of sp³-hybridized carbons (Fsp3) is 0.842. The van der Waals surface area contributed by atoms with Gasteiger partial charge in [0.2, 0.25) is 17.7 Å². The first-order valence-corrected chi connectivity index (χ1v) is 10.5. The number of nitrogens with one attached hydrogen (secondary N) is 2. The molecule has 3 aliphatic heterocycles. The normalized spacial score (nSPS) is 38.7. The molecule has 8 heteroatoms. The minimum Gasteiger partial charge on any atom is -0.394 e. The standard InChI is InChI=1S/C19H31N3O4S/c1-9-7-11-12(15(24)20-6)13-17(26)22(10(2)8-23)14(19(9,13)27-11)16(25)21-18(3,4)5/h9-14,23H,7-8H2,1-6H3,(H,20,24)(H,21,25)/t9?,10-,11+,12-,13+,14?,19?/m1/s1. The highest BCUT2D eigenvalue weighted by Gasteiger charge is 2.76. The average molecular weight is 398 g/mol. The summed E-state index contributed by atoms with van der Waals surface area (Å²) < 4.78 is -0.627. The van der Waals surface area contributed by atoms with E-state index in [9.17, 15) is 19.5 Å². The number of hydrogen-bond acceptors (Lipinski definition) is 5. The van der Waals surface area contributed by atoms with E-state index in [-0.39, 0.29) is 35.5 Å². The van der Waals surface area contributed by atoms with Crippen molar-refractivity contribution in [1.29, 1.82) is 0 Å². The van der Waals surface area contributed by atoms with Crippen LogP contribution < -0.4 is 10.6 Å². The van der Waals surface area contributed by atoms with Crippen LogP contribution in [0.15, 0.2) is 0 Å².